The van der Waals surface area contributed by atoms with Gasteiger partial charge >= 0.3 is 0 Å². The second-order valence-electron chi connectivity index (χ2n) is 4.21. The topological polar surface area (TPSA) is 79.1 Å². The maximum atomic E-state index is 9.99. The summed E-state index contributed by atoms with van der Waals surface area (Å²) in [5.74, 6) is 0.550. The smallest absolute Gasteiger partial charge is 0.242 e. The zero-order chi connectivity index (χ0) is 11.5. The van der Waals surface area contributed by atoms with E-state index in [1.165, 1.54) is 4.68 Å². The first-order chi connectivity index (χ1) is 6.91. The Morgan fingerprint density at radius 2 is 2.20 bits per heavy atom. The minimum atomic E-state index is -0.810. The molecule has 0 amide bonds. The SMILES string of the molecule is CN(C)CC(C)(O)CNc1nnnn1C. The van der Waals surface area contributed by atoms with E-state index >= 15 is 0 Å². The van der Waals surface area contributed by atoms with E-state index in [-0.39, 0.29) is 0 Å². The lowest BCUT2D eigenvalue weighted by Crippen LogP contribution is -2.43. The highest BCUT2D eigenvalue weighted by molar-refractivity contribution is 5.21. The first-order valence-corrected chi connectivity index (χ1v) is 4.74. The Morgan fingerprint density at radius 1 is 1.53 bits per heavy atom. The van der Waals surface area contributed by atoms with E-state index < -0.39 is 5.60 Å². The third-order valence-electron chi connectivity index (χ3n) is 1.90. The van der Waals surface area contributed by atoms with Gasteiger partial charge in [-0.1, -0.05) is 5.10 Å². The first-order valence-electron chi connectivity index (χ1n) is 4.74. The van der Waals surface area contributed by atoms with E-state index in [4.69, 9.17) is 0 Å². The van der Waals surface area contributed by atoms with Crippen LogP contribution >= 0.6 is 0 Å². The van der Waals surface area contributed by atoms with Crippen molar-refractivity contribution >= 4 is 5.95 Å². The molecule has 0 aliphatic carbocycles. The molecule has 0 aliphatic heterocycles. The molecule has 1 aromatic rings. The molecule has 1 aromatic heterocycles. The number of hydrogen-bond acceptors (Lipinski definition) is 6. The molecule has 1 rings (SSSR count). The van der Waals surface area contributed by atoms with E-state index in [1.54, 1.807) is 14.0 Å². The Bertz CT molecular complexity index is 308. The number of hydrogen-bond donors (Lipinski definition) is 2. The van der Waals surface area contributed by atoms with Gasteiger partial charge in [0.05, 0.1) is 5.60 Å². The Morgan fingerprint density at radius 3 is 2.67 bits per heavy atom. The molecule has 7 nitrogen and oxygen atoms in total. The van der Waals surface area contributed by atoms with Gasteiger partial charge in [-0.05, 0) is 31.4 Å². The number of aryl methyl sites for hydroxylation is 1. The number of anilines is 1. The van der Waals surface area contributed by atoms with E-state index in [2.05, 4.69) is 20.8 Å². The van der Waals surface area contributed by atoms with Crippen LogP contribution < -0.4 is 5.32 Å². The Labute approximate surface area is 89.1 Å². The number of aliphatic hydroxyl groups is 1. The fraction of sp³-hybridized carbons (Fsp3) is 0.875. The molecule has 15 heavy (non-hydrogen) atoms. The summed E-state index contributed by atoms with van der Waals surface area (Å²) in [5, 5.41) is 23.9. The lowest BCUT2D eigenvalue weighted by Gasteiger charge is -2.26. The second kappa shape index (κ2) is 4.54. The maximum absolute atomic E-state index is 9.99. The van der Waals surface area contributed by atoms with Crippen LogP contribution in [0, 0.1) is 0 Å². The van der Waals surface area contributed by atoms with Gasteiger partial charge in [-0.15, -0.1) is 0 Å². The van der Waals surface area contributed by atoms with Gasteiger partial charge < -0.3 is 15.3 Å². The summed E-state index contributed by atoms with van der Waals surface area (Å²) in [7, 11) is 5.57. The van der Waals surface area contributed by atoms with Crippen molar-refractivity contribution in [3.63, 3.8) is 0 Å². The van der Waals surface area contributed by atoms with Gasteiger partial charge in [0, 0.05) is 20.1 Å². The normalized spacial score (nSPS) is 15.3. The van der Waals surface area contributed by atoms with Crippen molar-refractivity contribution in [1.29, 1.82) is 0 Å². The predicted octanol–water partition coefficient (Wildman–Crippen LogP) is -1.07. The molecule has 1 unspecified atom stereocenters. The van der Waals surface area contributed by atoms with Crippen LogP contribution in [0.25, 0.3) is 0 Å². The zero-order valence-corrected chi connectivity index (χ0v) is 9.60. The minimum Gasteiger partial charge on any atom is -0.387 e. The molecule has 86 valence electrons. The highest BCUT2D eigenvalue weighted by Gasteiger charge is 2.21. The van der Waals surface area contributed by atoms with Crippen LogP contribution in [-0.2, 0) is 7.05 Å². The summed E-state index contributed by atoms with van der Waals surface area (Å²) >= 11 is 0. The summed E-state index contributed by atoms with van der Waals surface area (Å²) in [5.41, 5.74) is -0.810. The van der Waals surface area contributed by atoms with Crippen LogP contribution in [0.15, 0.2) is 0 Å². The average Bonchev–Trinajstić information content (AvgIpc) is 2.45. The molecule has 0 aliphatic rings. The molecule has 0 radical (unpaired) electrons. The molecular formula is C8H18N6O. The Hall–Kier alpha value is -1.21. The summed E-state index contributed by atoms with van der Waals surface area (Å²) in [6.07, 6.45) is 0. The molecule has 0 aromatic carbocycles. The van der Waals surface area contributed by atoms with Crippen molar-refractivity contribution in [2.45, 2.75) is 12.5 Å². The fourth-order valence-corrected chi connectivity index (χ4v) is 1.39. The fourth-order valence-electron chi connectivity index (χ4n) is 1.39. The van der Waals surface area contributed by atoms with Gasteiger partial charge in [0.25, 0.3) is 0 Å². The number of nitrogens with one attached hydrogen (secondary N) is 1. The van der Waals surface area contributed by atoms with Crippen LogP contribution in [0.2, 0.25) is 0 Å². The van der Waals surface area contributed by atoms with Gasteiger partial charge in [0.2, 0.25) is 5.95 Å². The minimum absolute atomic E-state index is 0.402. The predicted molar refractivity (Wildman–Crippen MR) is 56.5 cm³/mol. The molecule has 1 atom stereocenters. The van der Waals surface area contributed by atoms with E-state index in [9.17, 15) is 5.11 Å². The molecule has 0 saturated carbocycles. The molecule has 0 fully saturated rings. The summed E-state index contributed by atoms with van der Waals surface area (Å²) in [4.78, 5) is 1.93. The number of rotatable bonds is 5. The molecule has 0 spiro atoms. The first kappa shape index (κ1) is 11.9. The average molecular weight is 214 g/mol. The molecule has 1 heterocycles. The highest BCUT2D eigenvalue weighted by Crippen LogP contribution is 2.06. The Balaban J connectivity index is 2.46. The van der Waals surface area contributed by atoms with Crippen LogP contribution in [0.3, 0.4) is 0 Å². The monoisotopic (exact) mass is 214 g/mol. The summed E-state index contributed by atoms with van der Waals surface area (Å²) in [6.45, 7) is 2.74. The quantitative estimate of drug-likeness (QED) is 0.650. The van der Waals surface area contributed by atoms with Crippen molar-refractivity contribution in [2.75, 3.05) is 32.5 Å². The van der Waals surface area contributed by atoms with Crippen molar-refractivity contribution < 1.29 is 5.11 Å². The van der Waals surface area contributed by atoms with Gasteiger partial charge in [-0.2, -0.15) is 0 Å². The number of likely N-dealkylation sites (N-methyl/N-ethyl adjacent to an activating group) is 1. The summed E-state index contributed by atoms with van der Waals surface area (Å²) in [6, 6.07) is 0. The molecular weight excluding hydrogens is 196 g/mol. The Kier molecular flexibility index (Phi) is 3.59. The van der Waals surface area contributed by atoms with Gasteiger partial charge in [0.1, 0.15) is 0 Å². The number of aromatic nitrogens is 4. The van der Waals surface area contributed by atoms with Crippen LogP contribution in [0.1, 0.15) is 6.92 Å². The number of nitrogens with zero attached hydrogens (tertiary/aromatic N) is 5. The van der Waals surface area contributed by atoms with Gasteiger partial charge in [-0.3, -0.25) is 0 Å². The second-order valence-corrected chi connectivity index (χ2v) is 4.21. The standard InChI is InChI=1S/C8H18N6O/c1-8(15,6-13(2)3)5-9-7-10-11-12-14(7)4/h15H,5-6H2,1-4H3,(H,9,10,12). The molecule has 2 N–H and O–H groups in total. The van der Waals surface area contributed by atoms with Gasteiger partial charge in [0.15, 0.2) is 0 Å². The molecule has 0 bridgehead atoms. The van der Waals surface area contributed by atoms with Crippen molar-refractivity contribution in [3.05, 3.63) is 0 Å². The van der Waals surface area contributed by atoms with Crippen LogP contribution in [0.4, 0.5) is 5.95 Å². The van der Waals surface area contributed by atoms with E-state index in [0.29, 0.717) is 19.0 Å². The van der Waals surface area contributed by atoms with Crippen LogP contribution in [-0.4, -0.2) is 63.0 Å². The third kappa shape index (κ3) is 3.80. The van der Waals surface area contributed by atoms with Crippen LogP contribution in [0.5, 0.6) is 0 Å². The molecule has 0 saturated heterocycles. The third-order valence-corrected chi connectivity index (χ3v) is 1.90. The lowest BCUT2D eigenvalue weighted by atomic mass is 10.1. The zero-order valence-electron chi connectivity index (χ0n) is 9.60. The highest BCUT2D eigenvalue weighted by atomic mass is 16.3. The largest absolute Gasteiger partial charge is 0.387 e. The van der Waals surface area contributed by atoms with Gasteiger partial charge in [-0.25, -0.2) is 4.68 Å². The van der Waals surface area contributed by atoms with E-state index in [0.717, 1.165) is 0 Å². The molecule has 7 heteroatoms. The maximum Gasteiger partial charge on any atom is 0.242 e. The van der Waals surface area contributed by atoms with Crippen molar-refractivity contribution in [1.82, 2.24) is 25.1 Å². The van der Waals surface area contributed by atoms with E-state index in [1.807, 2.05) is 19.0 Å². The number of tetrazole rings is 1. The van der Waals surface area contributed by atoms with Crippen molar-refractivity contribution in [3.8, 4) is 0 Å². The summed E-state index contributed by atoms with van der Waals surface area (Å²) < 4.78 is 1.52. The van der Waals surface area contributed by atoms with Crippen molar-refractivity contribution in [2.24, 2.45) is 7.05 Å². The lowest BCUT2D eigenvalue weighted by molar-refractivity contribution is 0.0458.